The molecule has 0 spiro atoms. The number of benzene rings is 2. The first-order chi connectivity index (χ1) is 15.5. The van der Waals surface area contributed by atoms with Crippen LogP contribution in [0.1, 0.15) is 25.3 Å². The summed E-state index contributed by atoms with van der Waals surface area (Å²) < 4.78 is 5.80. The fourth-order valence-electron chi connectivity index (χ4n) is 3.02. The molecule has 0 radical (unpaired) electrons. The van der Waals surface area contributed by atoms with E-state index in [1.807, 2.05) is 48.5 Å². The average molecular weight is 485 g/mol. The van der Waals surface area contributed by atoms with Gasteiger partial charge < -0.3 is 4.74 Å². The Kier molecular flexibility index (Phi) is 7.34. The molecular formula is C23H21ClN4O2S2. The summed E-state index contributed by atoms with van der Waals surface area (Å²) in [6, 6.07) is 15.2. The number of amidine groups is 2. The van der Waals surface area contributed by atoms with E-state index in [9.17, 15) is 4.79 Å². The van der Waals surface area contributed by atoms with Crippen molar-refractivity contribution in [1.82, 2.24) is 5.01 Å². The van der Waals surface area contributed by atoms with E-state index in [0.717, 1.165) is 44.9 Å². The highest BCUT2D eigenvalue weighted by Crippen LogP contribution is 2.30. The second-order valence-electron chi connectivity index (χ2n) is 6.98. The number of hydrogen-bond acceptors (Lipinski definition) is 6. The standard InChI is InChI=1S/C23H21ClN4O2S2/c1-2-3-20-27-28-21(25)19(22(29)26-23(28)32-20)14-15-4-8-17(9-5-15)30-12-13-31-18-10-6-16(24)7-11-18/h4-11,14,25H,2-3,12-13H2,1H3. The Bertz CT molecular complexity index is 1110. The predicted molar refractivity (Wildman–Crippen MR) is 134 cm³/mol. The first-order valence-corrected chi connectivity index (χ1v) is 12.3. The number of nitrogens with one attached hydrogen (secondary N) is 1. The molecule has 6 nitrogen and oxygen atoms in total. The molecule has 2 aliphatic heterocycles. The second kappa shape index (κ2) is 10.4. The SMILES string of the molecule is CCCC1=NN2C(=N)C(=Cc3ccc(OCCSc4ccc(Cl)cc4)cc3)C(=O)N=C2S1. The first-order valence-electron chi connectivity index (χ1n) is 10.1. The number of carbonyl (C=O) groups excluding carboxylic acids is 1. The zero-order valence-electron chi connectivity index (χ0n) is 17.4. The summed E-state index contributed by atoms with van der Waals surface area (Å²) in [5.41, 5.74) is 1.02. The van der Waals surface area contributed by atoms with E-state index < -0.39 is 5.91 Å². The molecule has 32 heavy (non-hydrogen) atoms. The van der Waals surface area contributed by atoms with Gasteiger partial charge in [-0.2, -0.15) is 15.1 Å². The molecule has 1 N–H and O–H groups in total. The van der Waals surface area contributed by atoms with Crippen molar-refractivity contribution in [2.45, 2.75) is 24.7 Å². The van der Waals surface area contributed by atoms with Gasteiger partial charge in [-0.3, -0.25) is 10.2 Å². The molecule has 2 heterocycles. The largest absolute Gasteiger partial charge is 0.493 e. The lowest BCUT2D eigenvalue weighted by Gasteiger charge is -2.20. The summed E-state index contributed by atoms with van der Waals surface area (Å²) in [5.74, 6) is 1.20. The molecule has 0 fully saturated rings. The van der Waals surface area contributed by atoms with E-state index in [2.05, 4.69) is 17.0 Å². The molecule has 0 saturated carbocycles. The Labute approximate surface area is 200 Å². The number of amides is 1. The van der Waals surface area contributed by atoms with Crippen LogP contribution in [0, 0.1) is 5.41 Å². The minimum atomic E-state index is -0.416. The van der Waals surface area contributed by atoms with Gasteiger partial charge in [0.1, 0.15) is 10.8 Å². The minimum absolute atomic E-state index is 0.0538. The van der Waals surface area contributed by atoms with Crippen LogP contribution in [0.25, 0.3) is 6.08 Å². The maximum absolute atomic E-state index is 12.5. The Hall–Kier alpha value is -2.55. The summed E-state index contributed by atoms with van der Waals surface area (Å²) in [6.45, 7) is 2.63. The monoisotopic (exact) mass is 484 g/mol. The summed E-state index contributed by atoms with van der Waals surface area (Å²) in [6.07, 6.45) is 3.43. The third kappa shape index (κ3) is 5.43. The van der Waals surface area contributed by atoms with Crippen LogP contribution in [-0.4, -0.2) is 39.3 Å². The van der Waals surface area contributed by atoms with Crippen LogP contribution in [-0.2, 0) is 4.79 Å². The lowest BCUT2D eigenvalue weighted by molar-refractivity contribution is -0.114. The van der Waals surface area contributed by atoms with Crippen molar-refractivity contribution in [2.24, 2.45) is 10.1 Å². The van der Waals surface area contributed by atoms with E-state index >= 15 is 0 Å². The van der Waals surface area contributed by atoms with Gasteiger partial charge in [-0.15, -0.1) is 11.8 Å². The third-order valence-corrected chi connectivity index (χ3v) is 6.78. The number of rotatable bonds is 8. The number of hydrogen-bond donors (Lipinski definition) is 1. The van der Waals surface area contributed by atoms with Crippen LogP contribution >= 0.6 is 35.1 Å². The quantitative estimate of drug-likeness (QED) is 0.285. The number of hydrazone groups is 1. The third-order valence-electron chi connectivity index (χ3n) is 4.59. The topological polar surface area (TPSA) is 78.1 Å². The highest BCUT2D eigenvalue weighted by atomic mass is 35.5. The Morgan fingerprint density at radius 3 is 2.66 bits per heavy atom. The van der Waals surface area contributed by atoms with E-state index in [1.54, 1.807) is 17.8 Å². The molecule has 0 atom stereocenters. The first kappa shape index (κ1) is 22.6. The fraction of sp³-hybridized carbons (Fsp3) is 0.217. The second-order valence-corrected chi connectivity index (χ2v) is 9.63. The molecule has 0 aliphatic carbocycles. The zero-order chi connectivity index (χ0) is 22.5. The molecule has 0 bridgehead atoms. The molecular weight excluding hydrogens is 464 g/mol. The summed E-state index contributed by atoms with van der Waals surface area (Å²) in [5, 5.41) is 16.3. The summed E-state index contributed by atoms with van der Waals surface area (Å²) in [7, 11) is 0. The maximum Gasteiger partial charge on any atom is 0.283 e. The zero-order valence-corrected chi connectivity index (χ0v) is 19.8. The molecule has 0 saturated heterocycles. The molecule has 2 aliphatic rings. The number of ether oxygens (including phenoxy) is 1. The van der Waals surface area contributed by atoms with Crippen LogP contribution in [0.3, 0.4) is 0 Å². The van der Waals surface area contributed by atoms with Gasteiger partial charge in [-0.05, 0) is 72.6 Å². The molecule has 1 amide bonds. The smallest absolute Gasteiger partial charge is 0.283 e. The number of fused-ring (bicyclic) bond motifs is 1. The minimum Gasteiger partial charge on any atom is -0.493 e. The molecule has 4 rings (SSSR count). The Morgan fingerprint density at radius 1 is 1.19 bits per heavy atom. The molecule has 0 unspecified atom stereocenters. The Balaban J connectivity index is 1.35. The number of halogens is 1. The van der Waals surface area contributed by atoms with Gasteiger partial charge in [0.2, 0.25) is 5.17 Å². The Morgan fingerprint density at radius 2 is 1.94 bits per heavy atom. The van der Waals surface area contributed by atoms with Crippen LogP contribution in [0.2, 0.25) is 5.02 Å². The van der Waals surface area contributed by atoms with Crippen LogP contribution in [0.5, 0.6) is 5.75 Å². The van der Waals surface area contributed by atoms with Gasteiger partial charge >= 0.3 is 0 Å². The van der Waals surface area contributed by atoms with Gasteiger partial charge in [0.05, 0.1) is 12.2 Å². The van der Waals surface area contributed by atoms with Crippen LogP contribution in [0.15, 0.2) is 69.1 Å². The number of carbonyl (C=O) groups is 1. The molecule has 0 aromatic heterocycles. The lowest BCUT2D eigenvalue weighted by Crippen LogP contribution is -2.35. The highest BCUT2D eigenvalue weighted by molar-refractivity contribution is 8.26. The maximum atomic E-state index is 12.5. The van der Waals surface area contributed by atoms with Crippen LogP contribution < -0.4 is 4.74 Å². The van der Waals surface area contributed by atoms with Gasteiger partial charge in [0, 0.05) is 15.7 Å². The van der Waals surface area contributed by atoms with Gasteiger partial charge in [0.15, 0.2) is 5.84 Å². The van der Waals surface area contributed by atoms with Crippen molar-refractivity contribution < 1.29 is 9.53 Å². The van der Waals surface area contributed by atoms with Gasteiger partial charge in [-0.25, -0.2) is 0 Å². The summed E-state index contributed by atoms with van der Waals surface area (Å²) >= 11 is 8.96. The molecule has 2 aromatic rings. The van der Waals surface area contributed by atoms with E-state index in [1.165, 1.54) is 16.8 Å². The van der Waals surface area contributed by atoms with Crippen molar-refractivity contribution >= 4 is 63.2 Å². The van der Waals surface area contributed by atoms with Crippen molar-refractivity contribution in [3.05, 3.63) is 64.7 Å². The molecule has 9 heteroatoms. The van der Waals surface area contributed by atoms with E-state index in [4.69, 9.17) is 21.7 Å². The lowest BCUT2D eigenvalue weighted by atomic mass is 10.1. The highest BCUT2D eigenvalue weighted by Gasteiger charge is 2.35. The van der Waals surface area contributed by atoms with Crippen molar-refractivity contribution in [3.63, 3.8) is 0 Å². The number of nitrogens with zero attached hydrogens (tertiary/aromatic N) is 3. The fourth-order valence-corrected chi connectivity index (χ4v) is 4.87. The van der Waals surface area contributed by atoms with Gasteiger partial charge in [-0.1, -0.05) is 30.7 Å². The van der Waals surface area contributed by atoms with Crippen LogP contribution in [0.4, 0.5) is 0 Å². The number of thioether (sulfide) groups is 2. The van der Waals surface area contributed by atoms with Crippen molar-refractivity contribution in [2.75, 3.05) is 12.4 Å². The normalized spacial score (nSPS) is 16.8. The predicted octanol–water partition coefficient (Wildman–Crippen LogP) is 5.93. The van der Waals surface area contributed by atoms with E-state index in [0.29, 0.717) is 11.8 Å². The average Bonchev–Trinajstić information content (AvgIpc) is 3.19. The molecule has 2 aromatic carbocycles. The summed E-state index contributed by atoms with van der Waals surface area (Å²) in [4.78, 5) is 17.7. The number of aliphatic imine (C=N–C) groups is 1. The van der Waals surface area contributed by atoms with Gasteiger partial charge in [0.25, 0.3) is 5.91 Å². The molecule has 164 valence electrons. The van der Waals surface area contributed by atoms with Crippen molar-refractivity contribution in [3.8, 4) is 5.75 Å². The van der Waals surface area contributed by atoms with E-state index in [-0.39, 0.29) is 11.4 Å². The van der Waals surface area contributed by atoms with Crippen molar-refractivity contribution in [1.29, 1.82) is 5.41 Å².